The molecule has 218 valence electrons. The maximum atomic E-state index is 12.6. The first-order chi connectivity index (χ1) is 21.3. The Kier molecular flexibility index (Phi) is 8.52. The van der Waals surface area contributed by atoms with E-state index in [1.807, 2.05) is 0 Å². The topological polar surface area (TPSA) is 163 Å². The smallest absolute Gasteiger partial charge is 0.282 e. The highest BCUT2D eigenvalue weighted by Crippen LogP contribution is 2.30. The predicted molar refractivity (Wildman–Crippen MR) is 162 cm³/mol. The number of nitro benzene ring substituents is 2. The monoisotopic (exact) mass is 590 g/mol. The SMILES string of the molecule is O=C(Nc1ccc(Oc2cccc(Oc3ccc(NC(=O)c4ccccc4[N+](=O)[O-])cc3)c2)cc1)c1ccccc1[N+](=O)[O-]. The van der Waals surface area contributed by atoms with Crippen LogP contribution in [0.1, 0.15) is 20.7 Å². The number of nitro groups is 2. The fourth-order valence-electron chi connectivity index (χ4n) is 4.13. The van der Waals surface area contributed by atoms with Crippen molar-refractivity contribution in [1.29, 1.82) is 0 Å². The number of nitrogens with one attached hydrogen (secondary N) is 2. The number of amides is 2. The zero-order valence-electron chi connectivity index (χ0n) is 22.7. The van der Waals surface area contributed by atoms with Gasteiger partial charge in [0.05, 0.1) is 9.85 Å². The van der Waals surface area contributed by atoms with Crippen LogP contribution in [0, 0.1) is 20.2 Å². The number of rotatable bonds is 10. The van der Waals surface area contributed by atoms with Crippen molar-refractivity contribution >= 4 is 34.6 Å². The third-order valence-corrected chi connectivity index (χ3v) is 6.19. The van der Waals surface area contributed by atoms with E-state index in [1.165, 1.54) is 36.4 Å². The molecule has 44 heavy (non-hydrogen) atoms. The van der Waals surface area contributed by atoms with Crippen molar-refractivity contribution in [2.45, 2.75) is 0 Å². The molecule has 0 saturated carbocycles. The number of carbonyl (C=O) groups excluding carboxylic acids is 2. The number of anilines is 2. The molecule has 0 aliphatic carbocycles. The zero-order valence-corrected chi connectivity index (χ0v) is 22.7. The summed E-state index contributed by atoms with van der Waals surface area (Å²) in [6.45, 7) is 0. The molecule has 0 bridgehead atoms. The summed E-state index contributed by atoms with van der Waals surface area (Å²) in [4.78, 5) is 46.3. The normalized spacial score (nSPS) is 10.4. The highest BCUT2D eigenvalue weighted by molar-refractivity contribution is 6.07. The van der Waals surface area contributed by atoms with Crippen LogP contribution in [0.25, 0.3) is 0 Å². The van der Waals surface area contributed by atoms with Gasteiger partial charge in [0.25, 0.3) is 23.2 Å². The van der Waals surface area contributed by atoms with Gasteiger partial charge in [-0.2, -0.15) is 0 Å². The fourth-order valence-corrected chi connectivity index (χ4v) is 4.13. The van der Waals surface area contributed by atoms with Gasteiger partial charge >= 0.3 is 0 Å². The highest BCUT2D eigenvalue weighted by atomic mass is 16.6. The molecule has 0 fully saturated rings. The van der Waals surface area contributed by atoms with Crippen molar-refractivity contribution in [3.05, 3.63) is 153 Å². The molecule has 0 radical (unpaired) electrons. The van der Waals surface area contributed by atoms with Gasteiger partial charge < -0.3 is 20.1 Å². The van der Waals surface area contributed by atoms with Crippen LogP contribution in [-0.4, -0.2) is 21.7 Å². The third-order valence-electron chi connectivity index (χ3n) is 6.19. The lowest BCUT2D eigenvalue weighted by molar-refractivity contribution is -0.385. The molecule has 0 saturated heterocycles. The average molecular weight is 591 g/mol. The maximum Gasteiger partial charge on any atom is 0.282 e. The average Bonchev–Trinajstić information content (AvgIpc) is 3.03. The van der Waals surface area contributed by atoms with Crippen LogP contribution < -0.4 is 20.1 Å². The van der Waals surface area contributed by atoms with Crippen molar-refractivity contribution in [3.63, 3.8) is 0 Å². The van der Waals surface area contributed by atoms with E-state index in [2.05, 4.69) is 10.6 Å². The molecule has 12 nitrogen and oxygen atoms in total. The Hall–Kier alpha value is -6.56. The summed E-state index contributed by atoms with van der Waals surface area (Å²) >= 11 is 0. The van der Waals surface area contributed by atoms with E-state index < -0.39 is 21.7 Å². The van der Waals surface area contributed by atoms with Gasteiger partial charge in [0.2, 0.25) is 0 Å². The Balaban J connectivity index is 1.18. The van der Waals surface area contributed by atoms with Gasteiger partial charge in [-0.1, -0.05) is 30.3 Å². The summed E-state index contributed by atoms with van der Waals surface area (Å²) in [5, 5.41) is 27.7. The largest absolute Gasteiger partial charge is 0.457 e. The molecule has 5 aromatic carbocycles. The van der Waals surface area contributed by atoms with Gasteiger partial charge in [0.1, 0.15) is 34.1 Å². The lowest BCUT2D eigenvalue weighted by atomic mass is 10.1. The summed E-state index contributed by atoms with van der Waals surface area (Å²) in [6.07, 6.45) is 0. The van der Waals surface area contributed by atoms with Crippen LogP contribution in [0.2, 0.25) is 0 Å². The van der Waals surface area contributed by atoms with E-state index >= 15 is 0 Å². The highest BCUT2D eigenvalue weighted by Gasteiger charge is 2.20. The Labute approximate surface area is 249 Å². The van der Waals surface area contributed by atoms with Crippen molar-refractivity contribution in [2.24, 2.45) is 0 Å². The van der Waals surface area contributed by atoms with E-state index in [0.717, 1.165) is 0 Å². The molecule has 0 unspecified atom stereocenters. The standard InChI is InChI=1S/C32H22N4O8/c37-31(27-8-1-3-10-29(27)35(39)40)33-21-12-16-23(17-13-21)43-25-6-5-7-26(20-25)44-24-18-14-22(15-19-24)34-32(38)28-9-2-4-11-30(28)36(41)42/h1-20H,(H,33,37)(H,34,38). The molecular formula is C32H22N4O8. The van der Waals surface area contributed by atoms with Crippen LogP contribution in [0.15, 0.2) is 121 Å². The first-order valence-corrected chi connectivity index (χ1v) is 13.0. The molecule has 0 aliphatic heterocycles. The molecular weight excluding hydrogens is 568 g/mol. The molecule has 12 heteroatoms. The second-order valence-corrected chi connectivity index (χ2v) is 9.18. The number of ether oxygens (including phenoxy) is 2. The predicted octanol–water partition coefficient (Wildman–Crippen LogP) is 7.59. The summed E-state index contributed by atoms with van der Waals surface area (Å²) in [6, 6.07) is 31.3. The molecule has 0 atom stereocenters. The van der Waals surface area contributed by atoms with Gasteiger partial charge in [-0.15, -0.1) is 0 Å². The lowest BCUT2D eigenvalue weighted by Gasteiger charge is -2.11. The van der Waals surface area contributed by atoms with Gasteiger partial charge in [-0.05, 0) is 72.8 Å². The Morgan fingerprint density at radius 3 is 1.27 bits per heavy atom. The van der Waals surface area contributed by atoms with Crippen LogP contribution in [0.3, 0.4) is 0 Å². The summed E-state index contributed by atoms with van der Waals surface area (Å²) in [7, 11) is 0. The summed E-state index contributed by atoms with van der Waals surface area (Å²) in [5.41, 5.74) is 0.190. The van der Waals surface area contributed by atoms with Crippen LogP contribution in [0.5, 0.6) is 23.0 Å². The molecule has 5 aromatic rings. The van der Waals surface area contributed by atoms with E-state index in [-0.39, 0.29) is 22.5 Å². The molecule has 0 heterocycles. The van der Waals surface area contributed by atoms with E-state index in [9.17, 15) is 29.8 Å². The van der Waals surface area contributed by atoms with Gasteiger partial charge in [0, 0.05) is 29.6 Å². The zero-order chi connectivity index (χ0) is 31.1. The molecule has 0 aromatic heterocycles. The minimum absolute atomic E-state index is 0.0486. The first kappa shape index (κ1) is 29.0. The molecule has 0 spiro atoms. The van der Waals surface area contributed by atoms with Crippen molar-refractivity contribution in [1.82, 2.24) is 0 Å². The first-order valence-electron chi connectivity index (χ1n) is 13.0. The van der Waals surface area contributed by atoms with E-state index in [0.29, 0.717) is 34.4 Å². The molecule has 2 amide bonds. The van der Waals surface area contributed by atoms with E-state index in [1.54, 1.807) is 84.9 Å². The van der Waals surface area contributed by atoms with Crippen molar-refractivity contribution < 1.29 is 28.9 Å². The Morgan fingerprint density at radius 1 is 0.500 bits per heavy atom. The Morgan fingerprint density at radius 2 is 0.886 bits per heavy atom. The quantitative estimate of drug-likeness (QED) is 0.124. The third kappa shape index (κ3) is 7.01. The van der Waals surface area contributed by atoms with Crippen molar-refractivity contribution in [3.8, 4) is 23.0 Å². The second kappa shape index (κ2) is 13.0. The molecule has 5 rings (SSSR count). The minimum atomic E-state index is -0.609. The van der Waals surface area contributed by atoms with E-state index in [4.69, 9.17) is 9.47 Å². The van der Waals surface area contributed by atoms with Gasteiger partial charge in [0.15, 0.2) is 0 Å². The number of carbonyl (C=O) groups is 2. The number of hydrogen-bond acceptors (Lipinski definition) is 8. The maximum absolute atomic E-state index is 12.6. The van der Waals surface area contributed by atoms with Crippen molar-refractivity contribution in [2.75, 3.05) is 10.6 Å². The van der Waals surface area contributed by atoms with Crippen LogP contribution >= 0.6 is 0 Å². The van der Waals surface area contributed by atoms with Gasteiger partial charge in [-0.3, -0.25) is 29.8 Å². The van der Waals surface area contributed by atoms with Gasteiger partial charge in [-0.25, -0.2) is 0 Å². The van der Waals surface area contributed by atoms with Crippen LogP contribution in [0.4, 0.5) is 22.7 Å². The Bertz CT molecular complexity index is 1730. The summed E-state index contributed by atoms with van der Waals surface area (Å²) < 4.78 is 11.8. The summed E-state index contributed by atoms with van der Waals surface area (Å²) in [5.74, 6) is 0.701. The molecule has 0 aliphatic rings. The second-order valence-electron chi connectivity index (χ2n) is 9.18. The minimum Gasteiger partial charge on any atom is -0.457 e. The number of para-hydroxylation sites is 2. The number of benzene rings is 5. The number of nitrogens with zero attached hydrogens (tertiary/aromatic N) is 2. The van der Waals surface area contributed by atoms with Crippen LogP contribution in [-0.2, 0) is 0 Å². The number of hydrogen-bond donors (Lipinski definition) is 2. The fraction of sp³-hybridized carbons (Fsp3) is 0. The molecule has 2 N–H and O–H groups in total. The lowest BCUT2D eigenvalue weighted by Crippen LogP contribution is -2.13.